The number of aryl methyl sites for hydroxylation is 2. The van der Waals surface area contributed by atoms with Crippen LogP contribution >= 0.6 is 0 Å². The fourth-order valence-electron chi connectivity index (χ4n) is 1.87. The molecule has 5 heteroatoms. The highest BCUT2D eigenvalue weighted by Gasteiger charge is 2.10. The van der Waals surface area contributed by atoms with E-state index in [9.17, 15) is 4.79 Å². The summed E-state index contributed by atoms with van der Waals surface area (Å²) in [4.78, 5) is 20.7. The summed E-state index contributed by atoms with van der Waals surface area (Å²) in [5, 5.41) is 5.89. The second kappa shape index (κ2) is 6.65. The van der Waals surface area contributed by atoms with Gasteiger partial charge in [0.15, 0.2) is 0 Å². The lowest BCUT2D eigenvalue weighted by molar-refractivity contribution is 0.102. The summed E-state index contributed by atoms with van der Waals surface area (Å²) in [6.45, 7) is 7.94. The van der Waals surface area contributed by atoms with Crippen LogP contribution in [0.1, 0.15) is 21.9 Å². The summed E-state index contributed by atoms with van der Waals surface area (Å²) in [5.74, 6) is 0.892. The molecule has 0 bridgehead atoms. The van der Waals surface area contributed by atoms with E-state index in [-0.39, 0.29) is 5.91 Å². The number of amides is 1. The first-order chi connectivity index (χ1) is 10.1. The molecule has 0 aliphatic heterocycles. The number of benzene rings is 1. The zero-order valence-electron chi connectivity index (χ0n) is 12.2. The lowest BCUT2D eigenvalue weighted by Gasteiger charge is -2.08. The first kappa shape index (κ1) is 14.7. The van der Waals surface area contributed by atoms with Crippen molar-refractivity contribution in [2.75, 3.05) is 17.2 Å². The highest BCUT2D eigenvalue weighted by molar-refractivity contribution is 6.03. The van der Waals surface area contributed by atoms with Crippen LogP contribution in [0.4, 0.5) is 11.5 Å². The molecular formula is C16H18N4O. The molecule has 1 aromatic carbocycles. The quantitative estimate of drug-likeness (QED) is 0.827. The van der Waals surface area contributed by atoms with Gasteiger partial charge in [-0.1, -0.05) is 18.2 Å². The Morgan fingerprint density at radius 2 is 2.10 bits per heavy atom. The summed E-state index contributed by atoms with van der Waals surface area (Å²) in [7, 11) is 0. The van der Waals surface area contributed by atoms with Gasteiger partial charge in [-0.25, -0.2) is 9.97 Å². The molecule has 21 heavy (non-hydrogen) atoms. The van der Waals surface area contributed by atoms with Gasteiger partial charge in [0.1, 0.15) is 17.3 Å². The van der Waals surface area contributed by atoms with Crippen molar-refractivity contribution in [1.29, 1.82) is 0 Å². The van der Waals surface area contributed by atoms with Crippen LogP contribution < -0.4 is 10.6 Å². The van der Waals surface area contributed by atoms with Gasteiger partial charge in [-0.2, -0.15) is 0 Å². The van der Waals surface area contributed by atoms with Crippen LogP contribution in [0, 0.1) is 13.8 Å². The van der Waals surface area contributed by atoms with Gasteiger partial charge in [0.2, 0.25) is 0 Å². The lowest BCUT2D eigenvalue weighted by atomic mass is 10.2. The van der Waals surface area contributed by atoms with E-state index in [0.29, 0.717) is 23.9 Å². The SMILES string of the molecule is C=CCNc1cc(C(=O)Nc2cccc(C)c2)nc(C)n1. The fraction of sp³-hybridized carbons (Fsp3) is 0.188. The average molecular weight is 282 g/mol. The summed E-state index contributed by atoms with van der Waals surface area (Å²) >= 11 is 0. The summed E-state index contributed by atoms with van der Waals surface area (Å²) in [5.41, 5.74) is 2.16. The molecule has 2 rings (SSSR count). The molecule has 0 aliphatic rings. The van der Waals surface area contributed by atoms with E-state index in [1.165, 1.54) is 0 Å². The molecule has 0 atom stereocenters. The maximum absolute atomic E-state index is 12.3. The van der Waals surface area contributed by atoms with Gasteiger partial charge in [0, 0.05) is 18.3 Å². The first-order valence-electron chi connectivity index (χ1n) is 6.67. The molecule has 0 saturated heterocycles. The van der Waals surface area contributed by atoms with Crippen molar-refractivity contribution in [3.8, 4) is 0 Å². The summed E-state index contributed by atoms with van der Waals surface area (Å²) in [6, 6.07) is 9.25. The Morgan fingerprint density at radius 3 is 2.81 bits per heavy atom. The highest BCUT2D eigenvalue weighted by Crippen LogP contribution is 2.12. The Morgan fingerprint density at radius 1 is 1.29 bits per heavy atom. The molecule has 0 unspecified atom stereocenters. The number of aromatic nitrogens is 2. The van der Waals surface area contributed by atoms with Gasteiger partial charge in [-0.05, 0) is 31.5 Å². The number of nitrogens with zero attached hydrogens (tertiary/aromatic N) is 2. The number of nitrogens with one attached hydrogen (secondary N) is 2. The van der Waals surface area contributed by atoms with Crippen LogP contribution in [0.5, 0.6) is 0 Å². The van der Waals surface area contributed by atoms with Crippen LogP contribution in [0.15, 0.2) is 43.0 Å². The molecule has 5 nitrogen and oxygen atoms in total. The number of hydrogen-bond acceptors (Lipinski definition) is 4. The number of hydrogen-bond donors (Lipinski definition) is 2. The Labute approximate surface area is 124 Å². The normalized spacial score (nSPS) is 10.0. The minimum atomic E-state index is -0.257. The molecule has 1 aromatic heterocycles. The molecule has 0 fully saturated rings. The fourth-order valence-corrected chi connectivity index (χ4v) is 1.87. The Balaban J connectivity index is 2.18. The number of carbonyl (C=O) groups excluding carboxylic acids is 1. The van der Waals surface area contributed by atoms with E-state index in [1.807, 2.05) is 31.2 Å². The Bertz CT molecular complexity index is 667. The number of rotatable bonds is 5. The monoisotopic (exact) mass is 282 g/mol. The van der Waals surface area contributed by atoms with Crippen LogP contribution in [-0.2, 0) is 0 Å². The second-order valence-corrected chi connectivity index (χ2v) is 4.68. The Kier molecular flexibility index (Phi) is 4.66. The maximum atomic E-state index is 12.3. The van der Waals surface area contributed by atoms with E-state index in [4.69, 9.17) is 0 Å². The standard InChI is InChI=1S/C16H18N4O/c1-4-8-17-15-10-14(18-12(3)19-15)16(21)20-13-7-5-6-11(2)9-13/h4-7,9-10H,1,8H2,2-3H3,(H,20,21)(H,17,18,19). The molecule has 0 saturated carbocycles. The predicted molar refractivity (Wildman–Crippen MR) is 84.6 cm³/mol. The predicted octanol–water partition coefficient (Wildman–Crippen LogP) is 2.94. The van der Waals surface area contributed by atoms with Crippen LogP contribution in [0.3, 0.4) is 0 Å². The maximum Gasteiger partial charge on any atom is 0.274 e. The largest absolute Gasteiger partial charge is 0.366 e. The van der Waals surface area contributed by atoms with Crippen molar-refractivity contribution in [3.63, 3.8) is 0 Å². The van der Waals surface area contributed by atoms with E-state index < -0.39 is 0 Å². The number of carbonyl (C=O) groups is 1. The van der Waals surface area contributed by atoms with E-state index in [0.717, 1.165) is 11.3 Å². The molecule has 2 aromatic rings. The first-order valence-corrected chi connectivity index (χ1v) is 6.67. The molecule has 1 heterocycles. The third kappa shape index (κ3) is 4.14. The number of anilines is 2. The third-order valence-corrected chi connectivity index (χ3v) is 2.77. The van der Waals surface area contributed by atoms with Crippen molar-refractivity contribution in [2.45, 2.75) is 13.8 Å². The molecule has 0 spiro atoms. The highest BCUT2D eigenvalue weighted by atomic mass is 16.1. The lowest BCUT2D eigenvalue weighted by Crippen LogP contribution is -2.16. The molecule has 0 aliphatic carbocycles. The molecular weight excluding hydrogens is 264 g/mol. The summed E-state index contributed by atoms with van der Waals surface area (Å²) < 4.78 is 0. The molecule has 1 amide bonds. The van der Waals surface area contributed by atoms with Crippen molar-refractivity contribution in [2.24, 2.45) is 0 Å². The van der Waals surface area contributed by atoms with E-state index in [1.54, 1.807) is 19.1 Å². The average Bonchev–Trinajstić information content (AvgIpc) is 2.44. The zero-order valence-corrected chi connectivity index (χ0v) is 12.2. The van der Waals surface area contributed by atoms with Crippen molar-refractivity contribution >= 4 is 17.4 Å². The van der Waals surface area contributed by atoms with Crippen LogP contribution in [0.2, 0.25) is 0 Å². The molecule has 108 valence electrons. The van der Waals surface area contributed by atoms with Gasteiger partial charge in [-0.15, -0.1) is 6.58 Å². The zero-order chi connectivity index (χ0) is 15.2. The van der Waals surface area contributed by atoms with E-state index >= 15 is 0 Å². The van der Waals surface area contributed by atoms with Gasteiger partial charge in [-0.3, -0.25) is 4.79 Å². The second-order valence-electron chi connectivity index (χ2n) is 4.68. The third-order valence-electron chi connectivity index (χ3n) is 2.77. The minimum Gasteiger partial charge on any atom is -0.366 e. The van der Waals surface area contributed by atoms with Gasteiger partial charge < -0.3 is 10.6 Å². The van der Waals surface area contributed by atoms with E-state index in [2.05, 4.69) is 27.2 Å². The van der Waals surface area contributed by atoms with Gasteiger partial charge >= 0.3 is 0 Å². The molecule has 0 radical (unpaired) electrons. The molecule has 2 N–H and O–H groups in total. The topological polar surface area (TPSA) is 66.9 Å². The van der Waals surface area contributed by atoms with Gasteiger partial charge in [0.25, 0.3) is 5.91 Å². The van der Waals surface area contributed by atoms with Crippen LogP contribution in [0.25, 0.3) is 0 Å². The van der Waals surface area contributed by atoms with Crippen LogP contribution in [-0.4, -0.2) is 22.4 Å². The van der Waals surface area contributed by atoms with Crippen molar-refractivity contribution in [1.82, 2.24) is 9.97 Å². The van der Waals surface area contributed by atoms with Crippen molar-refractivity contribution in [3.05, 3.63) is 60.1 Å². The minimum absolute atomic E-state index is 0.257. The van der Waals surface area contributed by atoms with Crippen molar-refractivity contribution < 1.29 is 4.79 Å². The Hall–Kier alpha value is -2.69. The summed E-state index contributed by atoms with van der Waals surface area (Å²) in [6.07, 6.45) is 1.73. The smallest absolute Gasteiger partial charge is 0.274 e. The van der Waals surface area contributed by atoms with Gasteiger partial charge in [0.05, 0.1) is 0 Å².